The predicted octanol–water partition coefficient (Wildman–Crippen LogP) is 2.78. The summed E-state index contributed by atoms with van der Waals surface area (Å²) in [5, 5.41) is 9.97. The molecule has 48 heavy (non-hydrogen) atoms. The van der Waals surface area contributed by atoms with E-state index in [0.717, 1.165) is 5.56 Å². The van der Waals surface area contributed by atoms with Crippen molar-refractivity contribution in [2.45, 2.75) is 70.9 Å². The number of nitrogens with zero attached hydrogens (tertiary/aromatic N) is 5. The van der Waals surface area contributed by atoms with E-state index in [1.165, 1.54) is 24.0 Å². The van der Waals surface area contributed by atoms with Crippen molar-refractivity contribution >= 4 is 23.7 Å². The van der Waals surface area contributed by atoms with Gasteiger partial charge < -0.3 is 29.0 Å². The number of ether oxygens (including phenoxy) is 4. The molecule has 2 fully saturated rings. The summed E-state index contributed by atoms with van der Waals surface area (Å²) in [4.78, 5) is 50.6. The van der Waals surface area contributed by atoms with Gasteiger partial charge in [0.25, 0.3) is 0 Å². The Morgan fingerprint density at radius 3 is 2.38 bits per heavy atom. The molecule has 1 aromatic heterocycles. The minimum atomic E-state index is -0.979. The van der Waals surface area contributed by atoms with Crippen LogP contribution in [0.15, 0.2) is 30.3 Å². The fourth-order valence-electron chi connectivity index (χ4n) is 6.84. The SMILES string of the molecule is COC[C@H]1COc2nc(COC(C)=O)c(Cc3ccc(F)cc3)cc2N1C(=O)CN1C[C@@H](C)N(C(=O)O)C[C@@H]1CN1[C@H](C)COC[C@H]1C. The number of carboxylic acid groups (broad SMARTS) is 1. The van der Waals surface area contributed by atoms with Crippen molar-refractivity contribution in [1.29, 1.82) is 0 Å². The number of carbonyl (C=O) groups is 3. The topological polar surface area (TPSA) is 134 Å². The van der Waals surface area contributed by atoms with Crippen LogP contribution in [0.1, 0.15) is 44.5 Å². The van der Waals surface area contributed by atoms with Crippen LogP contribution in [0, 0.1) is 5.82 Å². The Kier molecular flexibility index (Phi) is 11.5. The normalized spacial score (nSPS) is 24.9. The number of benzene rings is 1. The molecule has 262 valence electrons. The van der Waals surface area contributed by atoms with Gasteiger partial charge in [0.15, 0.2) is 0 Å². The van der Waals surface area contributed by atoms with Crippen LogP contribution in [0.5, 0.6) is 5.88 Å². The Labute approximate surface area is 280 Å². The summed E-state index contributed by atoms with van der Waals surface area (Å²) in [5.74, 6) is -0.789. The second kappa shape index (κ2) is 15.6. The van der Waals surface area contributed by atoms with Gasteiger partial charge in [-0.1, -0.05) is 12.1 Å². The zero-order chi connectivity index (χ0) is 34.5. The van der Waals surface area contributed by atoms with E-state index < -0.39 is 18.1 Å². The number of amides is 2. The van der Waals surface area contributed by atoms with E-state index in [0.29, 0.717) is 49.7 Å². The Balaban J connectivity index is 1.47. The first-order valence-corrected chi connectivity index (χ1v) is 16.4. The number of fused-ring (bicyclic) bond motifs is 1. The Bertz CT molecular complexity index is 1450. The van der Waals surface area contributed by atoms with Gasteiger partial charge in [0.1, 0.15) is 24.7 Å². The van der Waals surface area contributed by atoms with Crippen LogP contribution < -0.4 is 9.64 Å². The highest BCUT2D eigenvalue weighted by Gasteiger charge is 2.41. The van der Waals surface area contributed by atoms with Crippen molar-refractivity contribution in [2.24, 2.45) is 0 Å². The molecule has 0 spiro atoms. The molecule has 4 heterocycles. The van der Waals surface area contributed by atoms with Crippen molar-refractivity contribution in [3.05, 3.63) is 53.0 Å². The number of esters is 1. The highest BCUT2D eigenvalue weighted by Crippen LogP contribution is 2.36. The third-order valence-corrected chi connectivity index (χ3v) is 9.33. The molecule has 0 bridgehead atoms. The average Bonchev–Trinajstić information content (AvgIpc) is 3.03. The van der Waals surface area contributed by atoms with Gasteiger partial charge in [0, 0.05) is 57.8 Å². The minimum Gasteiger partial charge on any atom is -0.474 e. The van der Waals surface area contributed by atoms with Crippen LogP contribution in [-0.2, 0) is 36.8 Å². The molecule has 0 aliphatic carbocycles. The molecule has 3 aliphatic heterocycles. The quantitative estimate of drug-likeness (QED) is 0.374. The average molecular weight is 672 g/mol. The van der Waals surface area contributed by atoms with Gasteiger partial charge in [-0.15, -0.1) is 0 Å². The van der Waals surface area contributed by atoms with Gasteiger partial charge in [0.05, 0.1) is 38.1 Å². The number of carbonyl (C=O) groups excluding carboxylic acids is 2. The van der Waals surface area contributed by atoms with Crippen molar-refractivity contribution in [3.63, 3.8) is 0 Å². The largest absolute Gasteiger partial charge is 0.474 e. The van der Waals surface area contributed by atoms with Gasteiger partial charge in [-0.2, -0.15) is 0 Å². The lowest BCUT2D eigenvalue weighted by Gasteiger charge is -2.48. The fourth-order valence-corrected chi connectivity index (χ4v) is 6.84. The standard InChI is InChI=1S/C34H46FN5O8/c1-21-12-37(28(14-39(21)34(43)44)13-38-22(2)16-46-17-23(38)3)15-32(42)40-29(18-45-5)19-48-33-31(40)11-26(30(36-33)20-47-24(4)41)10-25-6-8-27(35)9-7-25/h6-9,11,21-23,28-29H,10,12-20H2,1-5H3,(H,43,44)/t21-,22-,23-,28+,29+/m1/s1. The molecule has 1 aromatic carbocycles. The van der Waals surface area contributed by atoms with E-state index in [2.05, 4.69) is 23.6 Å². The van der Waals surface area contributed by atoms with Crippen LogP contribution >= 0.6 is 0 Å². The highest BCUT2D eigenvalue weighted by molar-refractivity contribution is 5.97. The Morgan fingerprint density at radius 2 is 1.73 bits per heavy atom. The van der Waals surface area contributed by atoms with Crippen molar-refractivity contribution in [2.75, 3.05) is 64.6 Å². The molecule has 0 radical (unpaired) electrons. The minimum absolute atomic E-state index is 0.0394. The number of rotatable bonds is 10. The summed E-state index contributed by atoms with van der Waals surface area (Å²) < 4.78 is 36.3. The molecular formula is C34H46FN5O8. The first kappa shape index (κ1) is 35.5. The van der Waals surface area contributed by atoms with E-state index in [1.54, 1.807) is 24.1 Å². The lowest BCUT2D eigenvalue weighted by Crippen LogP contribution is -2.65. The Morgan fingerprint density at radius 1 is 1.02 bits per heavy atom. The third kappa shape index (κ3) is 8.23. The summed E-state index contributed by atoms with van der Waals surface area (Å²) >= 11 is 0. The van der Waals surface area contributed by atoms with E-state index in [1.807, 2.05) is 13.0 Å². The molecule has 5 atom stereocenters. The van der Waals surface area contributed by atoms with E-state index in [9.17, 15) is 23.9 Å². The molecule has 0 unspecified atom stereocenters. The molecule has 5 rings (SSSR count). The van der Waals surface area contributed by atoms with Crippen molar-refractivity contribution < 1.29 is 42.8 Å². The number of pyridine rings is 1. The molecule has 14 heteroatoms. The lowest BCUT2D eigenvalue weighted by atomic mass is 10.0. The van der Waals surface area contributed by atoms with Crippen molar-refractivity contribution in [1.82, 2.24) is 19.7 Å². The summed E-state index contributed by atoms with van der Waals surface area (Å²) in [6.45, 7) is 10.1. The maximum Gasteiger partial charge on any atom is 0.407 e. The number of anilines is 1. The molecule has 13 nitrogen and oxygen atoms in total. The highest BCUT2D eigenvalue weighted by atomic mass is 19.1. The zero-order valence-electron chi connectivity index (χ0n) is 28.3. The van der Waals surface area contributed by atoms with Crippen LogP contribution in [0.4, 0.5) is 14.9 Å². The van der Waals surface area contributed by atoms with Crippen LogP contribution in [-0.4, -0.2) is 133 Å². The lowest BCUT2D eigenvalue weighted by molar-refractivity contribution is -0.142. The smallest absolute Gasteiger partial charge is 0.407 e. The molecule has 0 saturated carbocycles. The number of hydrogen-bond donors (Lipinski definition) is 1. The predicted molar refractivity (Wildman–Crippen MR) is 174 cm³/mol. The molecule has 1 N–H and O–H groups in total. The summed E-state index contributed by atoms with van der Waals surface area (Å²) in [7, 11) is 1.56. The van der Waals surface area contributed by atoms with Crippen LogP contribution in [0.2, 0.25) is 0 Å². The van der Waals surface area contributed by atoms with Gasteiger partial charge in [0.2, 0.25) is 11.8 Å². The maximum absolute atomic E-state index is 14.5. The monoisotopic (exact) mass is 671 g/mol. The van der Waals surface area contributed by atoms with Crippen molar-refractivity contribution in [3.8, 4) is 5.88 Å². The van der Waals surface area contributed by atoms with Crippen LogP contribution in [0.25, 0.3) is 0 Å². The first-order valence-electron chi connectivity index (χ1n) is 16.4. The molecule has 2 amide bonds. The number of aromatic nitrogens is 1. The number of halogens is 1. The van der Waals surface area contributed by atoms with Crippen LogP contribution in [0.3, 0.4) is 0 Å². The molecule has 2 aromatic rings. The molecular weight excluding hydrogens is 625 g/mol. The summed E-state index contributed by atoms with van der Waals surface area (Å²) in [6, 6.07) is 7.21. The zero-order valence-corrected chi connectivity index (χ0v) is 28.3. The fraction of sp³-hybridized carbons (Fsp3) is 0.588. The van der Waals surface area contributed by atoms with Gasteiger partial charge in [-0.25, -0.2) is 14.2 Å². The second-order valence-electron chi connectivity index (χ2n) is 13.0. The molecule has 3 aliphatic rings. The number of morpholine rings is 1. The molecule has 2 saturated heterocycles. The van der Waals surface area contributed by atoms with Gasteiger partial charge in [-0.3, -0.25) is 24.3 Å². The van der Waals surface area contributed by atoms with E-state index in [-0.39, 0.29) is 74.7 Å². The summed E-state index contributed by atoms with van der Waals surface area (Å²) in [5.41, 5.74) is 2.43. The first-order chi connectivity index (χ1) is 22.9. The Hall–Kier alpha value is -3.85. The van der Waals surface area contributed by atoms with Gasteiger partial charge >= 0.3 is 12.1 Å². The summed E-state index contributed by atoms with van der Waals surface area (Å²) in [6.07, 6.45) is -0.631. The van der Waals surface area contributed by atoms with Gasteiger partial charge in [-0.05, 0) is 56.5 Å². The third-order valence-electron chi connectivity index (χ3n) is 9.33. The number of piperazine rings is 1. The number of methoxy groups -OCH3 is 1. The van der Waals surface area contributed by atoms with E-state index in [4.69, 9.17) is 23.9 Å². The number of hydrogen-bond acceptors (Lipinski definition) is 10. The van der Waals surface area contributed by atoms with E-state index >= 15 is 0 Å². The second-order valence-corrected chi connectivity index (χ2v) is 13.0. The maximum atomic E-state index is 14.5.